The fraction of sp³-hybridized carbons (Fsp3) is 0.462. The molecule has 1 aliphatic rings. The number of carboxylic acids is 1. The summed E-state index contributed by atoms with van der Waals surface area (Å²) < 4.78 is 1.11. The van der Waals surface area contributed by atoms with Crippen LogP contribution in [0.25, 0.3) is 0 Å². The molecule has 0 aromatic heterocycles. The Morgan fingerprint density at radius 3 is 2.94 bits per heavy atom. The Hall–Kier alpha value is -0.870. The molecule has 1 aromatic rings. The number of hydrogen-bond acceptors (Lipinski definition) is 2. The lowest BCUT2D eigenvalue weighted by molar-refractivity contribution is -0.141. The summed E-state index contributed by atoms with van der Waals surface area (Å²) in [6, 6.07) is 6.29. The molecule has 0 bridgehead atoms. The number of rotatable bonds is 3. The Morgan fingerprint density at radius 1 is 1.59 bits per heavy atom. The molecule has 1 heterocycles. The summed E-state index contributed by atoms with van der Waals surface area (Å²) in [7, 11) is 0. The van der Waals surface area contributed by atoms with Crippen LogP contribution in [0.1, 0.15) is 17.5 Å². The fourth-order valence-corrected chi connectivity index (χ4v) is 2.82. The van der Waals surface area contributed by atoms with Gasteiger partial charge in [0, 0.05) is 17.6 Å². The molecule has 1 N–H and O–H groups in total. The number of carbonyl (C=O) groups is 1. The third-order valence-corrected chi connectivity index (χ3v) is 3.96. The summed E-state index contributed by atoms with van der Waals surface area (Å²) in [5, 5.41) is 8.95. The monoisotopic (exact) mass is 297 g/mol. The van der Waals surface area contributed by atoms with Gasteiger partial charge in [-0.15, -0.1) is 0 Å². The van der Waals surface area contributed by atoms with E-state index in [-0.39, 0.29) is 5.92 Å². The first-order valence-electron chi connectivity index (χ1n) is 5.76. The van der Waals surface area contributed by atoms with E-state index in [4.69, 9.17) is 5.11 Å². The first-order valence-corrected chi connectivity index (χ1v) is 6.56. The molecule has 0 saturated carbocycles. The third kappa shape index (κ3) is 3.07. The summed E-state index contributed by atoms with van der Waals surface area (Å²) in [4.78, 5) is 13.1. The van der Waals surface area contributed by atoms with Crippen LogP contribution in [0.3, 0.4) is 0 Å². The molecule has 1 unspecified atom stereocenters. The van der Waals surface area contributed by atoms with Crippen molar-refractivity contribution < 1.29 is 9.90 Å². The molecular formula is C13H16BrNO2. The van der Waals surface area contributed by atoms with Crippen molar-refractivity contribution in [2.45, 2.75) is 19.9 Å². The Balaban J connectivity index is 2.00. The number of benzene rings is 1. The smallest absolute Gasteiger partial charge is 0.307 e. The molecule has 2 rings (SSSR count). The van der Waals surface area contributed by atoms with E-state index < -0.39 is 5.97 Å². The minimum absolute atomic E-state index is 0.195. The van der Waals surface area contributed by atoms with E-state index in [0.29, 0.717) is 6.54 Å². The van der Waals surface area contributed by atoms with Gasteiger partial charge in [-0.3, -0.25) is 9.69 Å². The number of halogens is 1. The van der Waals surface area contributed by atoms with Crippen LogP contribution >= 0.6 is 15.9 Å². The second-order valence-electron chi connectivity index (χ2n) is 4.65. The normalized spacial score (nSPS) is 20.7. The van der Waals surface area contributed by atoms with Crippen molar-refractivity contribution in [1.82, 2.24) is 4.90 Å². The SMILES string of the molecule is Cc1ccc(CN2CCC(C(=O)O)C2)c(Br)c1. The summed E-state index contributed by atoms with van der Waals surface area (Å²) in [6.45, 7) is 4.42. The van der Waals surface area contributed by atoms with Crippen LogP contribution in [0.15, 0.2) is 22.7 Å². The second-order valence-corrected chi connectivity index (χ2v) is 5.51. The maximum Gasteiger partial charge on any atom is 0.307 e. The average Bonchev–Trinajstić information content (AvgIpc) is 2.71. The lowest BCUT2D eigenvalue weighted by atomic mass is 10.1. The van der Waals surface area contributed by atoms with Crippen molar-refractivity contribution in [3.8, 4) is 0 Å². The topological polar surface area (TPSA) is 40.5 Å². The predicted octanol–water partition coefficient (Wildman–Crippen LogP) is 2.66. The Labute approximate surface area is 110 Å². The zero-order valence-corrected chi connectivity index (χ0v) is 11.4. The lowest BCUT2D eigenvalue weighted by Crippen LogP contribution is -2.23. The van der Waals surface area contributed by atoms with Gasteiger partial charge in [0.1, 0.15) is 0 Å². The highest BCUT2D eigenvalue weighted by Crippen LogP contribution is 2.23. The van der Waals surface area contributed by atoms with Gasteiger partial charge in [-0.25, -0.2) is 0 Å². The molecule has 92 valence electrons. The minimum atomic E-state index is -0.671. The number of hydrogen-bond donors (Lipinski definition) is 1. The van der Waals surface area contributed by atoms with Gasteiger partial charge in [0.15, 0.2) is 0 Å². The zero-order valence-electron chi connectivity index (χ0n) is 9.82. The van der Waals surface area contributed by atoms with Crippen LogP contribution < -0.4 is 0 Å². The molecular weight excluding hydrogens is 282 g/mol. The van der Waals surface area contributed by atoms with E-state index >= 15 is 0 Å². The molecule has 0 radical (unpaired) electrons. The van der Waals surface area contributed by atoms with E-state index in [0.717, 1.165) is 24.0 Å². The summed E-state index contributed by atoms with van der Waals surface area (Å²) >= 11 is 3.56. The summed E-state index contributed by atoms with van der Waals surface area (Å²) in [5.41, 5.74) is 2.45. The highest BCUT2D eigenvalue weighted by molar-refractivity contribution is 9.10. The van der Waals surface area contributed by atoms with Crippen molar-refractivity contribution >= 4 is 21.9 Å². The number of aliphatic carboxylic acids is 1. The van der Waals surface area contributed by atoms with Gasteiger partial charge in [-0.1, -0.05) is 28.1 Å². The van der Waals surface area contributed by atoms with Gasteiger partial charge < -0.3 is 5.11 Å². The van der Waals surface area contributed by atoms with Crippen LogP contribution in [0.2, 0.25) is 0 Å². The lowest BCUT2D eigenvalue weighted by Gasteiger charge is -2.16. The first-order chi connectivity index (χ1) is 8.06. The highest BCUT2D eigenvalue weighted by atomic mass is 79.9. The van der Waals surface area contributed by atoms with Crippen LogP contribution in [-0.2, 0) is 11.3 Å². The molecule has 1 saturated heterocycles. The van der Waals surface area contributed by atoms with Gasteiger partial charge in [0.2, 0.25) is 0 Å². The molecule has 0 spiro atoms. The van der Waals surface area contributed by atoms with E-state index in [1.165, 1.54) is 11.1 Å². The number of nitrogens with zero attached hydrogens (tertiary/aromatic N) is 1. The number of aryl methyl sites for hydroxylation is 1. The molecule has 1 fully saturated rings. The third-order valence-electron chi connectivity index (χ3n) is 3.22. The van der Waals surface area contributed by atoms with E-state index in [1.807, 2.05) is 0 Å². The van der Waals surface area contributed by atoms with Gasteiger partial charge >= 0.3 is 5.97 Å². The molecule has 1 atom stereocenters. The Morgan fingerprint density at radius 2 is 2.35 bits per heavy atom. The van der Waals surface area contributed by atoms with E-state index in [9.17, 15) is 4.79 Å². The van der Waals surface area contributed by atoms with Crippen LogP contribution in [-0.4, -0.2) is 29.1 Å². The first kappa shape index (κ1) is 12.6. The van der Waals surface area contributed by atoms with E-state index in [2.05, 4.69) is 46.0 Å². The number of carboxylic acid groups (broad SMARTS) is 1. The van der Waals surface area contributed by atoms with Crippen molar-refractivity contribution in [2.24, 2.45) is 5.92 Å². The van der Waals surface area contributed by atoms with Crippen molar-refractivity contribution in [2.75, 3.05) is 13.1 Å². The van der Waals surface area contributed by atoms with E-state index in [1.54, 1.807) is 0 Å². The summed E-state index contributed by atoms with van der Waals surface area (Å²) in [5.74, 6) is -0.866. The molecule has 17 heavy (non-hydrogen) atoms. The van der Waals surface area contributed by atoms with Crippen LogP contribution in [0.5, 0.6) is 0 Å². The van der Waals surface area contributed by atoms with Gasteiger partial charge in [0.05, 0.1) is 5.92 Å². The minimum Gasteiger partial charge on any atom is -0.481 e. The van der Waals surface area contributed by atoms with Gasteiger partial charge in [-0.2, -0.15) is 0 Å². The maximum atomic E-state index is 10.9. The van der Waals surface area contributed by atoms with Crippen molar-refractivity contribution in [3.05, 3.63) is 33.8 Å². The van der Waals surface area contributed by atoms with Crippen molar-refractivity contribution in [1.29, 1.82) is 0 Å². The molecule has 0 amide bonds. The predicted molar refractivity (Wildman–Crippen MR) is 69.9 cm³/mol. The average molecular weight is 298 g/mol. The quantitative estimate of drug-likeness (QED) is 0.932. The van der Waals surface area contributed by atoms with Gasteiger partial charge in [-0.05, 0) is 37.1 Å². The summed E-state index contributed by atoms with van der Waals surface area (Å²) in [6.07, 6.45) is 0.763. The molecule has 3 nitrogen and oxygen atoms in total. The number of likely N-dealkylation sites (tertiary alicyclic amines) is 1. The molecule has 0 aliphatic carbocycles. The molecule has 1 aliphatic heterocycles. The Kier molecular flexibility index (Phi) is 3.84. The zero-order chi connectivity index (χ0) is 12.4. The fourth-order valence-electron chi connectivity index (χ4n) is 2.20. The standard InChI is InChI=1S/C13H16BrNO2/c1-9-2-3-10(12(14)6-9)7-15-5-4-11(8-15)13(16)17/h2-3,6,11H,4-5,7-8H2,1H3,(H,16,17). The van der Waals surface area contributed by atoms with Crippen LogP contribution in [0, 0.1) is 12.8 Å². The van der Waals surface area contributed by atoms with Crippen LogP contribution in [0.4, 0.5) is 0 Å². The van der Waals surface area contributed by atoms with Crippen molar-refractivity contribution in [3.63, 3.8) is 0 Å². The Bertz CT molecular complexity index is 433. The molecule has 4 heteroatoms. The highest BCUT2D eigenvalue weighted by Gasteiger charge is 2.27. The maximum absolute atomic E-state index is 10.9. The van der Waals surface area contributed by atoms with Gasteiger partial charge in [0.25, 0.3) is 0 Å². The second kappa shape index (κ2) is 5.19. The molecule has 1 aromatic carbocycles. The largest absolute Gasteiger partial charge is 0.481 e.